The molecule has 2 saturated carbocycles. The third kappa shape index (κ3) is 1.52. The molecule has 0 bridgehead atoms. The maximum absolute atomic E-state index is 6.23. The van der Waals surface area contributed by atoms with E-state index in [2.05, 4.69) is 6.92 Å². The van der Waals surface area contributed by atoms with Crippen LogP contribution in [0.5, 0.6) is 0 Å². The molecule has 2 N–H and O–H groups in total. The van der Waals surface area contributed by atoms with Gasteiger partial charge in [-0.3, -0.25) is 0 Å². The van der Waals surface area contributed by atoms with Gasteiger partial charge in [0.25, 0.3) is 0 Å². The Kier molecular flexibility index (Phi) is 2.64. The highest BCUT2D eigenvalue weighted by molar-refractivity contribution is 4.98. The van der Waals surface area contributed by atoms with Gasteiger partial charge < -0.3 is 5.73 Å². The maximum Gasteiger partial charge on any atom is 0.00698 e. The van der Waals surface area contributed by atoms with Crippen LogP contribution in [0.3, 0.4) is 0 Å². The van der Waals surface area contributed by atoms with Crippen LogP contribution < -0.4 is 5.73 Å². The average molecular weight is 181 g/mol. The van der Waals surface area contributed by atoms with Gasteiger partial charge in [0.2, 0.25) is 0 Å². The van der Waals surface area contributed by atoms with Gasteiger partial charge in [0.05, 0.1) is 0 Å². The monoisotopic (exact) mass is 181 g/mol. The fourth-order valence-corrected chi connectivity index (χ4v) is 3.82. The van der Waals surface area contributed by atoms with E-state index >= 15 is 0 Å². The van der Waals surface area contributed by atoms with Crippen molar-refractivity contribution in [1.29, 1.82) is 0 Å². The summed E-state index contributed by atoms with van der Waals surface area (Å²) in [5, 5.41) is 0. The summed E-state index contributed by atoms with van der Waals surface area (Å²) in [4.78, 5) is 0. The highest BCUT2D eigenvalue weighted by atomic mass is 14.7. The zero-order valence-corrected chi connectivity index (χ0v) is 8.89. The lowest BCUT2D eigenvalue weighted by molar-refractivity contribution is 0.174. The van der Waals surface area contributed by atoms with Crippen molar-refractivity contribution in [3.05, 3.63) is 0 Å². The van der Waals surface area contributed by atoms with Crippen LogP contribution in [0.15, 0.2) is 0 Å². The van der Waals surface area contributed by atoms with Crippen molar-refractivity contribution in [2.45, 2.75) is 64.3 Å². The van der Waals surface area contributed by atoms with E-state index in [1.54, 1.807) is 0 Å². The molecule has 2 aliphatic rings. The summed E-state index contributed by atoms with van der Waals surface area (Å²) >= 11 is 0. The Morgan fingerprint density at radius 3 is 2.46 bits per heavy atom. The molecule has 0 aromatic rings. The Bertz CT molecular complexity index is 164. The molecule has 0 heterocycles. The first-order chi connectivity index (χ1) is 6.28. The first-order valence-electron chi connectivity index (χ1n) is 6.04. The number of hydrogen-bond acceptors (Lipinski definition) is 1. The minimum atomic E-state index is 0.487. The Labute approximate surface area is 82.1 Å². The molecular formula is C12H23N. The zero-order valence-electron chi connectivity index (χ0n) is 8.89. The minimum Gasteiger partial charge on any atom is -0.327 e. The van der Waals surface area contributed by atoms with E-state index in [1.807, 2.05) is 0 Å². The fourth-order valence-electron chi connectivity index (χ4n) is 3.82. The summed E-state index contributed by atoms with van der Waals surface area (Å²) < 4.78 is 0. The van der Waals surface area contributed by atoms with Crippen molar-refractivity contribution < 1.29 is 0 Å². The van der Waals surface area contributed by atoms with Crippen LogP contribution in [0.25, 0.3) is 0 Å². The lowest BCUT2D eigenvalue weighted by atomic mass is 9.72. The van der Waals surface area contributed by atoms with Crippen LogP contribution in [0, 0.1) is 11.3 Å². The Balaban J connectivity index is 2.08. The van der Waals surface area contributed by atoms with Gasteiger partial charge in [-0.05, 0) is 43.4 Å². The smallest absolute Gasteiger partial charge is 0.00698 e. The second kappa shape index (κ2) is 3.61. The van der Waals surface area contributed by atoms with Crippen molar-refractivity contribution in [1.82, 2.24) is 0 Å². The van der Waals surface area contributed by atoms with Gasteiger partial charge in [0.1, 0.15) is 0 Å². The molecule has 0 saturated heterocycles. The van der Waals surface area contributed by atoms with Gasteiger partial charge in [0, 0.05) is 6.04 Å². The Morgan fingerprint density at radius 2 is 1.85 bits per heavy atom. The van der Waals surface area contributed by atoms with E-state index in [4.69, 9.17) is 5.73 Å². The molecule has 0 amide bonds. The van der Waals surface area contributed by atoms with Gasteiger partial charge >= 0.3 is 0 Å². The minimum absolute atomic E-state index is 0.487. The van der Waals surface area contributed by atoms with E-state index in [1.165, 1.54) is 51.4 Å². The number of hydrogen-bond donors (Lipinski definition) is 1. The fraction of sp³-hybridized carbons (Fsp3) is 1.00. The number of rotatable bonds is 2. The predicted molar refractivity (Wildman–Crippen MR) is 56.5 cm³/mol. The van der Waals surface area contributed by atoms with Crippen LogP contribution in [0.4, 0.5) is 0 Å². The first kappa shape index (κ1) is 9.51. The van der Waals surface area contributed by atoms with E-state index in [-0.39, 0.29) is 0 Å². The maximum atomic E-state index is 6.23. The van der Waals surface area contributed by atoms with Crippen molar-refractivity contribution >= 4 is 0 Å². The third-order valence-electron chi connectivity index (χ3n) is 4.56. The van der Waals surface area contributed by atoms with Gasteiger partial charge in [-0.1, -0.05) is 26.2 Å². The van der Waals surface area contributed by atoms with Crippen LogP contribution in [-0.2, 0) is 0 Å². The molecule has 2 rings (SSSR count). The van der Waals surface area contributed by atoms with Gasteiger partial charge in [0.15, 0.2) is 0 Å². The molecule has 2 atom stereocenters. The largest absolute Gasteiger partial charge is 0.327 e. The lowest BCUT2D eigenvalue weighted by Gasteiger charge is -2.34. The van der Waals surface area contributed by atoms with Crippen molar-refractivity contribution in [2.24, 2.45) is 17.1 Å². The molecule has 0 aromatic carbocycles. The molecule has 1 spiro atoms. The van der Waals surface area contributed by atoms with Gasteiger partial charge in [-0.2, -0.15) is 0 Å². The molecule has 2 fully saturated rings. The summed E-state index contributed by atoms with van der Waals surface area (Å²) in [5.41, 5.74) is 6.94. The molecule has 76 valence electrons. The molecule has 2 unspecified atom stereocenters. The summed E-state index contributed by atoms with van der Waals surface area (Å²) in [6, 6.07) is 0.487. The SMILES string of the molecule is CCC(N)C1CCCC12CCCC2. The van der Waals surface area contributed by atoms with Crippen molar-refractivity contribution in [3.63, 3.8) is 0 Å². The molecule has 1 nitrogen and oxygen atoms in total. The Hall–Kier alpha value is -0.0400. The average Bonchev–Trinajstić information content (AvgIpc) is 2.76. The highest BCUT2D eigenvalue weighted by Gasteiger charge is 2.46. The summed E-state index contributed by atoms with van der Waals surface area (Å²) in [5.74, 6) is 0.861. The summed E-state index contributed by atoms with van der Waals surface area (Å²) in [7, 11) is 0. The molecular weight excluding hydrogens is 158 g/mol. The zero-order chi connectivity index (χ0) is 9.31. The Morgan fingerprint density at radius 1 is 1.23 bits per heavy atom. The van der Waals surface area contributed by atoms with E-state index in [9.17, 15) is 0 Å². The topological polar surface area (TPSA) is 26.0 Å². The first-order valence-corrected chi connectivity index (χ1v) is 6.04. The molecule has 13 heavy (non-hydrogen) atoms. The summed E-state index contributed by atoms with van der Waals surface area (Å²) in [6.45, 7) is 2.24. The predicted octanol–water partition coefficient (Wildman–Crippen LogP) is 3.08. The normalized spacial score (nSPS) is 34.2. The standard InChI is InChI=1S/C12H23N/c1-2-11(13)10-6-5-9-12(10)7-3-4-8-12/h10-11H,2-9,13H2,1H3. The van der Waals surface area contributed by atoms with Crippen LogP contribution in [0.2, 0.25) is 0 Å². The second-order valence-electron chi connectivity index (χ2n) is 5.14. The van der Waals surface area contributed by atoms with Crippen LogP contribution >= 0.6 is 0 Å². The van der Waals surface area contributed by atoms with Crippen molar-refractivity contribution in [3.8, 4) is 0 Å². The molecule has 1 heteroatoms. The lowest BCUT2D eigenvalue weighted by Crippen LogP contribution is -2.37. The number of nitrogens with two attached hydrogens (primary N) is 1. The molecule has 0 aromatic heterocycles. The van der Waals surface area contributed by atoms with E-state index in [0.29, 0.717) is 11.5 Å². The van der Waals surface area contributed by atoms with E-state index < -0.39 is 0 Å². The molecule has 2 aliphatic carbocycles. The van der Waals surface area contributed by atoms with Crippen molar-refractivity contribution in [2.75, 3.05) is 0 Å². The van der Waals surface area contributed by atoms with E-state index in [0.717, 1.165) is 5.92 Å². The van der Waals surface area contributed by atoms with Crippen LogP contribution in [-0.4, -0.2) is 6.04 Å². The van der Waals surface area contributed by atoms with Crippen LogP contribution in [0.1, 0.15) is 58.3 Å². The third-order valence-corrected chi connectivity index (χ3v) is 4.56. The second-order valence-corrected chi connectivity index (χ2v) is 5.14. The molecule has 0 aliphatic heterocycles. The summed E-state index contributed by atoms with van der Waals surface area (Å²) in [6.07, 6.45) is 11.4. The molecule has 0 radical (unpaired) electrons. The quantitative estimate of drug-likeness (QED) is 0.696. The van der Waals surface area contributed by atoms with Gasteiger partial charge in [-0.15, -0.1) is 0 Å². The van der Waals surface area contributed by atoms with Gasteiger partial charge in [-0.25, -0.2) is 0 Å². The highest BCUT2D eigenvalue weighted by Crippen LogP contribution is 2.55.